The molecule has 0 radical (unpaired) electrons. The molecule has 1 saturated carbocycles. The lowest BCUT2D eigenvalue weighted by Crippen LogP contribution is -2.54. The molecule has 4 heteroatoms. The average Bonchev–Trinajstić information content (AvgIpc) is 2.98. The summed E-state index contributed by atoms with van der Waals surface area (Å²) in [5.74, 6) is 6.83. The predicted molar refractivity (Wildman–Crippen MR) is 89.8 cm³/mol. The fourth-order valence-corrected chi connectivity index (χ4v) is 4.01. The Hall–Kier alpha value is -1.99. The summed E-state index contributed by atoms with van der Waals surface area (Å²) in [5.41, 5.74) is 8.36. The van der Waals surface area contributed by atoms with Crippen LogP contribution in [-0.2, 0) is 4.74 Å². The van der Waals surface area contributed by atoms with Gasteiger partial charge in [-0.3, -0.25) is 0 Å². The third-order valence-electron chi connectivity index (χ3n) is 5.16. The number of rotatable bonds is 0. The van der Waals surface area contributed by atoms with E-state index in [1.165, 1.54) is 12.7 Å². The van der Waals surface area contributed by atoms with E-state index in [2.05, 4.69) is 30.9 Å². The summed E-state index contributed by atoms with van der Waals surface area (Å²) in [6, 6.07) is 8.32. The van der Waals surface area contributed by atoms with E-state index in [0.29, 0.717) is 6.54 Å². The number of carbonyl (C=O) groups is 1. The summed E-state index contributed by atoms with van der Waals surface area (Å²) in [6.45, 7) is 2.78. The minimum atomic E-state index is -0.518. The third kappa shape index (κ3) is 3.07. The van der Waals surface area contributed by atoms with Crippen molar-refractivity contribution in [2.45, 2.75) is 44.2 Å². The number of hydrogen-bond donors (Lipinski definition) is 1. The van der Waals surface area contributed by atoms with Gasteiger partial charge in [0.2, 0.25) is 0 Å². The first kappa shape index (κ1) is 15.9. The lowest BCUT2D eigenvalue weighted by Gasteiger charge is -2.40. The molecular weight excluding hydrogens is 288 g/mol. The maximum atomic E-state index is 11.9. The maximum Gasteiger partial charge on any atom is 0.409 e. The van der Waals surface area contributed by atoms with Crippen LogP contribution in [0.1, 0.15) is 36.8 Å². The summed E-state index contributed by atoms with van der Waals surface area (Å²) in [4.78, 5) is 13.8. The molecule has 1 amide bonds. The number of amides is 1. The van der Waals surface area contributed by atoms with Gasteiger partial charge in [-0.25, -0.2) is 4.79 Å². The number of benzene rings is 1. The Morgan fingerprint density at radius 2 is 2.26 bits per heavy atom. The molecule has 1 aromatic rings. The molecule has 0 bridgehead atoms. The second-order valence-electron chi connectivity index (χ2n) is 6.68. The van der Waals surface area contributed by atoms with Crippen molar-refractivity contribution in [3.05, 3.63) is 35.4 Å². The monoisotopic (exact) mass is 312 g/mol. The van der Waals surface area contributed by atoms with Gasteiger partial charge in [0, 0.05) is 24.1 Å². The van der Waals surface area contributed by atoms with Gasteiger partial charge in [0.15, 0.2) is 0 Å². The van der Waals surface area contributed by atoms with Gasteiger partial charge in [-0.2, -0.15) is 0 Å². The van der Waals surface area contributed by atoms with Crippen LogP contribution >= 0.6 is 0 Å². The predicted octanol–water partition coefficient (Wildman–Crippen LogP) is 2.68. The highest BCUT2D eigenvalue weighted by molar-refractivity contribution is 5.68. The van der Waals surface area contributed by atoms with E-state index in [9.17, 15) is 4.79 Å². The van der Waals surface area contributed by atoms with Gasteiger partial charge in [0.25, 0.3) is 0 Å². The highest BCUT2D eigenvalue weighted by atomic mass is 16.5. The molecule has 1 aromatic carbocycles. The molecule has 1 saturated heterocycles. The van der Waals surface area contributed by atoms with Crippen molar-refractivity contribution in [1.82, 2.24) is 4.90 Å². The number of ether oxygens (including phenoxy) is 1. The second kappa shape index (κ2) is 6.25. The van der Waals surface area contributed by atoms with Crippen LogP contribution in [0.5, 0.6) is 0 Å². The van der Waals surface area contributed by atoms with Gasteiger partial charge in [0.05, 0.1) is 12.6 Å². The van der Waals surface area contributed by atoms with E-state index in [1.807, 2.05) is 17.0 Å². The van der Waals surface area contributed by atoms with Crippen LogP contribution < -0.4 is 5.73 Å². The van der Waals surface area contributed by atoms with Crippen LogP contribution in [0.15, 0.2) is 24.3 Å². The lowest BCUT2D eigenvalue weighted by molar-refractivity contribution is 0.0964. The van der Waals surface area contributed by atoms with Crippen LogP contribution in [0.25, 0.3) is 0 Å². The lowest BCUT2D eigenvalue weighted by atomic mass is 9.71. The molecule has 1 heterocycles. The van der Waals surface area contributed by atoms with Crippen LogP contribution in [-0.4, -0.2) is 36.2 Å². The largest absolute Gasteiger partial charge is 0.453 e. The third-order valence-corrected chi connectivity index (χ3v) is 5.16. The van der Waals surface area contributed by atoms with Crippen molar-refractivity contribution in [1.29, 1.82) is 0 Å². The Bertz CT molecular complexity index is 661. The van der Waals surface area contributed by atoms with Gasteiger partial charge in [0.1, 0.15) is 0 Å². The molecule has 2 fully saturated rings. The molecule has 1 aliphatic carbocycles. The molecule has 3 rings (SSSR count). The minimum absolute atomic E-state index is 0.160. The summed E-state index contributed by atoms with van der Waals surface area (Å²) in [5, 5.41) is 0. The summed E-state index contributed by atoms with van der Waals surface area (Å²) < 4.78 is 4.90. The summed E-state index contributed by atoms with van der Waals surface area (Å²) in [6.07, 6.45) is 3.53. The number of likely N-dealkylation sites (tertiary alicyclic amines) is 1. The van der Waals surface area contributed by atoms with E-state index >= 15 is 0 Å². The Morgan fingerprint density at radius 3 is 3.00 bits per heavy atom. The van der Waals surface area contributed by atoms with Crippen molar-refractivity contribution in [2.75, 3.05) is 13.7 Å². The molecule has 23 heavy (non-hydrogen) atoms. The number of methoxy groups -OCH3 is 1. The quantitative estimate of drug-likeness (QED) is 0.749. The summed E-state index contributed by atoms with van der Waals surface area (Å²) in [7, 11) is 1.44. The zero-order chi connectivity index (χ0) is 16.4. The van der Waals surface area contributed by atoms with Gasteiger partial charge in [-0.05, 0) is 50.3 Å². The molecule has 3 atom stereocenters. The molecule has 2 N–H and O–H groups in total. The molecule has 2 unspecified atom stereocenters. The molecule has 0 aromatic heterocycles. The van der Waals surface area contributed by atoms with Crippen molar-refractivity contribution in [3.63, 3.8) is 0 Å². The molecule has 1 aliphatic heterocycles. The first-order valence-electron chi connectivity index (χ1n) is 8.27. The fourth-order valence-electron chi connectivity index (χ4n) is 4.01. The zero-order valence-electron chi connectivity index (χ0n) is 13.8. The van der Waals surface area contributed by atoms with Crippen molar-refractivity contribution < 1.29 is 9.53 Å². The standard InChI is InChI=1S/C19H24N2O2/c1-14-5-3-6-15(13-14)8-11-19(20)10-4-7-17-16(19)9-12-21(17)18(22)23-2/h3,5-6,13,16-17H,4,7,9-10,12,20H2,1-2H3/t16?,17?,19-/m1/s1. The van der Waals surface area contributed by atoms with E-state index in [1.54, 1.807) is 0 Å². The number of carbonyl (C=O) groups excluding carboxylic acids is 1. The number of fused-ring (bicyclic) bond motifs is 1. The average molecular weight is 312 g/mol. The van der Waals surface area contributed by atoms with Gasteiger partial charge in [-0.15, -0.1) is 0 Å². The van der Waals surface area contributed by atoms with E-state index in [0.717, 1.165) is 31.2 Å². The highest BCUT2D eigenvalue weighted by Crippen LogP contribution is 2.41. The van der Waals surface area contributed by atoms with Crippen LogP contribution in [0, 0.1) is 24.7 Å². The Morgan fingerprint density at radius 1 is 1.43 bits per heavy atom. The Balaban J connectivity index is 1.83. The van der Waals surface area contributed by atoms with Crippen LogP contribution in [0.4, 0.5) is 4.79 Å². The van der Waals surface area contributed by atoms with Crippen LogP contribution in [0.2, 0.25) is 0 Å². The minimum Gasteiger partial charge on any atom is -0.453 e. The summed E-state index contributed by atoms with van der Waals surface area (Å²) >= 11 is 0. The Labute approximate surface area is 138 Å². The SMILES string of the molecule is COC(=O)N1CCC2C1CCC[C@@]2(N)C#Cc1cccc(C)c1. The number of nitrogens with zero attached hydrogens (tertiary/aromatic N) is 1. The number of nitrogens with two attached hydrogens (primary N) is 1. The first-order valence-corrected chi connectivity index (χ1v) is 8.27. The molecule has 122 valence electrons. The fraction of sp³-hybridized carbons (Fsp3) is 0.526. The Kier molecular flexibility index (Phi) is 4.32. The van der Waals surface area contributed by atoms with Crippen molar-refractivity contribution >= 4 is 6.09 Å². The van der Waals surface area contributed by atoms with Gasteiger partial charge in [-0.1, -0.05) is 24.0 Å². The van der Waals surface area contributed by atoms with Crippen LogP contribution in [0.3, 0.4) is 0 Å². The molecule has 4 nitrogen and oxygen atoms in total. The topological polar surface area (TPSA) is 55.6 Å². The normalized spacial score (nSPS) is 29.4. The van der Waals surface area contributed by atoms with E-state index in [-0.39, 0.29) is 18.1 Å². The number of hydrogen-bond acceptors (Lipinski definition) is 3. The highest BCUT2D eigenvalue weighted by Gasteiger charge is 2.49. The van der Waals surface area contributed by atoms with Crippen molar-refractivity contribution in [2.24, 2.45) is 11.7 Å². The van der Waals surface area contributed by atoms with Gasteiger partial charge < -0.3 is 15.4 Å². The smallest absolute Gasteiger partial charge is 0.409 e. The molecule has 0 spiro atoms. The van der Waals surface area contributed by atoms with E-state index < -0.39 is 5.54 Å². The first-order chi connectivity index (χ1) is 11.0. The van der Waals surface area contributed by atoms with E-state index in [4.69, 9.17) is 10.5 Å². The molecular formula is C19H24N2O2. The zero-order valence-corrected chi connectivity index (χ0v) is 13.8. The maximum absolute atomic E-state index is 11.9. The molecule has 2 aliphatic rings. The van der Waals surface area contributed by atoms with Crippen molar-refractivity contribution in [3.8, 4) is 11.8 Å². The number of aryl methyl sites for hydroxylation is 1. The van der Waals surface area contributed by atoms with Gasteiger partial charge >= 0.3 is 6.09 Å². The second-order valence-corrected chi connectivity index (χ2v) is 6.68.